The standard InChI is InChI=1S/C16H20BrNO/c17-15-9-5-6-12-10-14(19-16(12)15)11-18-13-7-3-1-2-4-8-13/h5-6,9-10,13,18H,1-4,7-8,11H2. The van der Waals surface area contributed by atoms with Gasteiger partial charge in [-0.15, -0.1) is 0 Å². The van der Waals surface area contributed by atoms with Crippen LogP contribution in [0, 0.1) is 0 Å². The van der Waals surface area contributed by atoms with Crippen LogP contribution in [0.25, 0.3) is 11.0 Å². The quantitative estimate of drug-likeness (QED) is 0.804. The normalized spacial score (nSPS) is 17.7. The Hall–Kier alpha value is -0.800. The highest BCUT2D eigenvalue weighted by Crippen LogP contribution is 2.27. The minimum atomic E-state index is 0.666. The molecule has 1 aromatic carbocycles. The Morgan fingerprint density at radius 3 is 2.68 bits per heavy atom. The minimum Gasteiger partial charge on any atom is -0.459 e. The van der Waals surface area contributed by atoms with E-state index in [1.165, 1.54) is 43.9 Å². The van der Waals surface area contributed by atoms with E-state index < -0.39 is 0 Å². The van der Waals surface area contributed by atoms with E-state index in [2.05, 4.69) is 33.4 Å². The Balaban J connectivity index is 1.66. The summed E-state index contributed by atoms with van der Waals surface area (Å²) in [5, 5.41) is 4.82. The first-order valence-corrected chi connectivity index (χ1v) is 8.02. The lowest BCUT2D eigenvalue weighted by molar-refractivity contribution is 0.425. The predicted molar refractivity (Wildman–Crippen MR) is 82.2 cm³/mol. The molecule has 102 valence electrons. The zero-order valence-electron chi connectivity index (χ0n) is 11.1. The van der Waals surface area contributed by atoms with Gasteiger partial charge in [0.2, 0.25) is 0 Å². The van der Waals surface area contributed by atoms with Crippen LogP contribution in [-0.2, 0) is 6.54 Å². The summed E-state index contributed by atoms with van der Waals surface area (Å²) in [5.74, 6) is 1.03. The van der Waals surface area contributed by atoms with Crippen LogP contribution in [0.1, 0.15) is 44.3 Å². The SMILES string of the molecule is Brc1cccc2cc(CNC3CCCCCC3)oc12. The average Bonchev–Trinajstić information content (AvgIpc) is 2.66. The highest BCUT2D eigenvalue weighted by atomic mass is 79.9. The first-order valence-electron chi connectivity index (χ1n) is 7.23. The number of halogens is 1. The molecule has 0 bridgehead atoms. The summed E-state index contributed by atoms with van der Waals surface area (Å²) >= 11 is 3.53. The van der Waals surface area contributed by atoms with Gasteiger partial charge in [-0.05, 0) is 40.9 Å². The number of para-hydroxylation sites is 1. The molecule has 0 atom stereocenters. The van der Waals surface area contributed by atoms with Gasteiger partial charge in [0.15, 0.2) is 0 Å². The third-order valence-electron chi connectivity index (χ3n) is 3.97. The molecule has 0 amide bonds. The maximum atomic E-state index is 5.91. The average molecular weight is 322 g/mol. The van der Waals surface area contributed by atoms with E-state index in [4.69, 9.17) is 4.42 Å². The number of hydrogen-bond acceptors (Lipinski definition) is 2. The first kappa shape index (κ1) is 13.2. The zero-order valence-corrected chi connectivity index (χ0v) is 12.7. The van der Waals surface area contributed by atoms with Crippen molar-refractivity contribution in [2.24, 2.45) is 0 Å². The molecule has 1 N–H and O–H groups in total. The second-order valence-corrected chi connectivity index (χ2v) is 6.29. The number of nitrogens with one attached hydrogen (secondary N) is 1. The van der Waals surface area contributed by atoms with Gasteiger partial charge in [0, 0.05) is 11.4 Å². The Kier molecular flexibility index (Phi) is 4.24. The molecule has 2 nitrogen and oxygen atoms in total. The summed E-state index contributed by atoms with van der Waals surface area (Å²) in [4.78, 5) is 0. The molecule has 2 aromatic rings. The fourth-order valence-electron chi connectivity index (χ4n) is 2.90. The third-order valence-corrected chi connectivity index (χ3v) is 4.59. The number of fused-ring (bicyclic) bond motifs is 1. The van der Waals surface area contributed by atoms with Crippen molar-refractivity contribution in [2.45, 2.75) is 51.1 Å². The lowest BCUT2D eigenvalue weighted by atomic mass is 10.1. The van der Waals surface area contributed by atoms with Gasteiger partial charge < -0.3 is 9.73 Å². The molecule has 0 spiro atoms. The second-order valence-electron chi connectivity index (χ2n) is 5.44. The summed E-state index contributed by atoms with van der Waals surface area (Å²) < 4.78 is 6.94. The van der Waals surface area contributed by atoms with Crippen LogP contribution < -0.4 is 5.32 Å². The molecule has 1 fully saturated rings. The van der Waals surface area contributed by atoms with Crippen molar-refractivity contribution >= 4 is 26.9 Å². The van der Waals surface area contributed by atoms with Gasteiger partial charge in [-0.1, -0.05) is 37.8 Å². The van der Waals surface area contributed by atoms with Crippen molar-refractivity contribution in [1.29, 1.82) is 0 Å². The summed E-state index contributed by atoms with van der Waals surface area (Å²) in [7, 11) is 0. The lowest BCUT2D eigenvalue weighted by Crippen LogP contribution is -2.27. The fraction of sp³-hybridized carbons (Fsp3) is 0.500. The second kappa shape index (κ2) is 6.10. The van der Waals surface area contributed by atoms with Crippen molar-refractivity contribution in [3.63, 3.8) is 0 Å². The van der Waals surface area contributed by atoms with Gasteiger partial charge in [-0.3, -0.25) is 0 Å². The van der Waals surface area contributed by atoms with Crippen LogP contribution in [0.4, 0.5) is 0 Å². The van der Waals surface area contributed by atoms with Crippen LogP contribution >= 0.6 is 15.9 Å². The van der Waals surface area contributed by atoms with Crippen LogP contribution in [0.5, 0.6) is 0 Å². The van der Waals surface area contributed by atoms with Gasteiger partial charge in [-0.2, -0.15) is 0 Å². The molecule has 1 heterocycles. The van der Waals surface area contributed by atoms with E-state index in [0.717, 1.165) is 22.4 Å². The van der Waals surface area contributed by atoms with Gasteiger partial charge in [0.05, 0.1) is 11.0 Å². The molecular formula is C16H20BrNO. The summed E-state index contributed by atoms with van der Waals surface area (Å²) in [6, 6.07) is 8.97. The monoisotopic (exact) mass is 321 g/mol. The Morgan fingerprint density at radius 2 is 1.95 bits per heavy atom. The van der Waals surface area contributed by atoms with Crippen LogP contribution in [0.2, 0.25) is 0 Å². The number of furan rings is 1. The molecule has 1 aliphatic rings. The smallest absolute Gasteiger partial charge is 0.148 e. The van der Waals surface area contributed by atoms with Crippen molar-refractivity contribution in [2.75, 3.05) is 0 Å². The van der Waals surface area contributed by atoms with Gasteiger partial charge in [0.1, 0.15) is 11.3 Å². The van der Waals surface area contributed by atoms with Crippen LogP contribution in [0.3, 0.4) is 0 Å². The fourth-order valence-corrected chi connectivity index (χ4v) is 3.36. The third kappa shape index (κ3) is 3.21. The molecular weight excluding hydrogens is 302 g/mol. The molecule has 1 aromatic heterocycles. The van der Waals surface area contributed by atoms with Crippen LogP contribution in [0.15, 0.2) is 33.2 Å². The minimum absolute atomic E-state index is 0.666. The number of rotatable bonds is 3. The van der Waals surface area contributed by atoms with E-state index in [0.29, 0.717) is 6.04 Å². The molecule has 1 saturated carbocycles. The largest absolute Gasteiger partial charge is 0.459 e. The molecule has 0 unspecified atom stereocenters. The molecule has 0 aliphatic heterocycles. The van der Waals surface area contributed by atoms with Crippen molar-refractivity contribution < 1.29 is 4.42 Å². The van der Waals surface area contributed by atoms with E-state index in [1.807, 2.05) is 12.1 Å². The molecule has 1 aliphatic carbocycles. The molecule has 0 saturated heterocycles. The highest BCUT2D eigenvalue weighted by molar-refractivity contribution is 9.10. The topological polar surface area (TPSA) is 25.2 Å². The van der Waals surface area contributed by atoms with Gasteiger partial charge >= 0.3 is 0 Å². The number of hydrogen-bond donors (Lipinski definition) is 1. The summed E-state index contributed by atoms with van der Waals surface area (Å²) in [6.07, 6.45) is 8.14. The Morgan fingerprint density at radius 1 is 1.16 bits per heavy atom. The molecule has 3 heteroatoms. The van der Waals surface area contributed by atoms with Crippen molar-refractivity contribution in [1.82, 2.24) is 5.32 Å². The van der Waals surface area contributed by atoms with Crippen LogP contribution in [-0.4, -0.2) is 6.04 Å². The highest BCUT2D eigenvalue weighted by Gasteiger charge is 2.13. The van der Waals surface area contributed by atoms with E-state index >= 15 is 0 Å². The molecule has 3 rings (SSSR count). The summed E-state index contributed by atoms with van der Waals surface area (Å²) in [6.45, 7) is 0.839. The Bertz CT molecular complexity index is 541. The predicted octanol–water partition coefficient (Wildman–Crippen LogP) is 5.01. The maximum Gasteiger partial charge on any atom is 0.148 e. The zero-order chi connectivity index (χ0) is 13.1. The summed E-state index contributed by atoms with van der Waals surface area (Å²) in [5.41, 5.74) is 0.958. The maximum absolute atomic E-state index is 5.91. The first-order chi connectivity index (χ1) is 9.33. The van der Waals surface area contributed by atoms with E-state index in [1.54, 1.807) is 0 Å². The van der Waals surface area contributed by atoms with E-state index in [-0.39, 0.29) is 0 Å². The van der Waals surface area contributed by atoms with Crippen molar-refractivity contribution in [3.05, 3.63) is 34.5 Å². The Labute approximate surface area is 122 Å². The molecule has 19 heavy (non-hydrogen) atoms. The molecule has 0 radical (unpaired) electrons. The lowest BCUT2D eigenvalue weighted by Gasteiger charge is -2.14. The van der Waals surface area contributed by atoms with Crippen molar-refractivity contribution in [3.8, 4) is 0 Å². The van der Waals surface area contributed by atoms with Gasteiger partial charge in [-0.25, -0.2) is 0 Å². The van der Waals surface area contributed by atoms with Gasteiger partial charge in [0.25, 0.3) is 0 Å². The number of benzene rings is 1. The van der Waals surface area contributed by atoms with E-state index in [9.17, 15) is 0 Å².